The smallest absolute Gasteiger partial charge is 0.0118 e. The van der Waals surface area contributed by atoms with Gasteiger partial charge in [0.25, 0.3) is 0 Å². The molecule has 0 amide bonds. The van der Waals surface area contributed by atoms with Crippen LogP contribution in [0, 0.1) is 6.92 Å². The Balaban J connectivity index is 2.29. The molecule has 0 heterocycles. The highest BCUT2D eigenvalue weighted by atomic mass is 32.2. The molecule has 120 valence electrons. The maximum atomic E-state index is 4.17. The zero-order valence-corrected chi connectivity index (χ0v) is 15.0. The lowest BCUT2D eigenvalue weighted by Crippen LogP contribution is -2.29. The van der Waals surface area contributed by atoms with Gasteiger partial charge < -0.3 is 0 Å². The van der Waals surface area contributed by atoms with Gasteiger partial charge in [0.15, 0.2) is 0 Å². The lowest BCUT2D eigenvalue weighted by Gasteiger charge is -2.34. The van der Waals surface area contributed by atoms with Crippen molar-refractivity contribution in [1.82, 2.24) is 0 Å². The van der Waals surface area contributed by atoms with Gasteiger partial charge in [0, 0.05) is 16.1 Å². The fourth-order valence-corrected chi connectivity index (χ4v) is 4.15. The number of thioether (sulfide) groups is 1. The number of aryl methyl sites for hydroxylation is 1. The van der Waals surface area contributed by atoms with E-state index >= 15 is 0 Å². The molecule has 0 radical (unpaired) electrons. The summed E-state index contributed by atoms with van der Waals surface area (Å²) in [6.45, 7) is 12.4. The third-order valence-electron chi connectivity index (χ3n) is 4.10. The molecular weight excluding hydrogens is 296 g/mol. The van der Waals surface area contributed by atoms with E-state index in [2.05, 4.69) is 81.6 Å². The number of rotatable bonds is 8. The van der Waals surface area contributed by atoms with Gasteiger partial charge in [-0.15, -0.1) is 24.9 Å². The van der Waals surface area contributed by atoms with E-state index in [0.29, 0.717) is 0 Å². The Morgan fingerprint density at radius 2 is 1.74 bits per heavy atom. The van der Waals surface area contributed by atoms with E-state index < -0.39 is 0 Å². The van der Waals surface area contributed by atoms with Crippen molar-refractivity contribution in [3.8, 4) is 0 Å². The maximum Gasteiger partial charge on any atom is 0.0118 e. The van der Waals surface area contributed by atoms with Gasteiger partial charge in [-0.3, -0.25) is 0 Å². The third kappa shape index (κ3) is 4.87. The largest absolute Gasteiger partial charge is 0.125 e. The second-order valence-corrected chi connectivity index (χ2v) is 7.42. The first kappa shape index (κ1) is 17.6. The number of allylic oxidation sites excluding steroid dienone is 2. The zero-order chi connectivity index (χ0) is 16.7. The summed E-state index contributed by atoms with van der Waals surface area (Å²) in [5.41, 5.74) is 3.96. The van der Waals surface area contributed by atoms with Gasteiger partial charge in [-0.25, -0.2) is 0 Å². The summed E-state index contributed by atoms with van der Waals surface area (Å²) in [5, 5.41) is 0. The second kappa shape index (κ2) is 8.21. The molecule has 1 heteroatoms. The van der Waals surface area contributed by atoms with E-state index in [1.165, 1.54) is 21.6 Å². The van der Waals surface area contributed by atoms with Crippen molar-refractivity contribution in [3.63, 3.8) is 0 Å². The van der Waals surface area contributed by atoms with Crippen LogP contribution in [0.4, 0.5) is 0 Å². The Bertz CT molecular complexity index is 639. The van der Waals surface area contributed by atoms with Gasteiger partial charge in [-0.1, -0.05) is 59.7 Å². The first-order valence-electron chi connectivity index (χ1n) is 8.06. The summed E-state index contributed by atoms with van der Waals surface area (Å²) in [5.74, 6) is 1.03. The van der Waals surface area contributed by atoms with Crippen molar-refractivity contribution in [3.05, 3.63) is 90.5 Å². The standard InChI is InChI=1S/C22H26S/c1-5-15-22(16-18(2)3,20-9-7-6-8-10-20)17-23-21-13-11-19(4)12-14-21/h5-14H,1-2,15-17H2,3-4H3. The van der Waals surface area contributed by atoms with E-state index in [-0.39, 0.29) is 5.41 Å². The molecule has 0 nitrogen and oxygen atoms in total. The van der Waals surface area contributed by atoms with Crippen molar-refractivity contribution in [2.24, 2.45) is 0 Å². The van der Waals surface area contributed by atoms with E-state index in [4.69, 9.17) is 0 Å². The highest BCUT2D eigenvalue weighted by Gasteiger charge is 2.31. The third-order valence-corrected chi connectivity index (χ3v) is 5.40. The summed E-state index contributed by atoms with van der Waals surface area (Å²) in [4.78, 5) is 1.32. The molecule has 0 N–H and O–H groups in total. The summed E-state index contributed by atoms with van der Waals surface area (Å²) < 4.78 is 0. The lowest BCUT2D eigenvalue weighted by atomic mass is 9.75. The molecule has 2 rings (SSSR count). The fourth-order valence-electron chi connectivity index (χ4n) is 2.99. The Kier molecular flexibility index (Phi) is 6.29. The minimum Gasteiger partial charge on any atom is -0.125 e. The number of benzene rings is 2. The number of hydrogen-bond donors (Lipinski definition) is 0. The molecule has 0 saturated heterocycles. The molecule has 1 atom stereocenters. The minimum absolute atomic E-state index is 0.0599. The molecule has 0 aromatic heterocycles. The predicted molar refractivity (Wildman–Crippen MR) is 104 cm³/mol. The molecule has 0 saturated carbocycles. The van der Waals surface area contributed by atoms with Gasteiger partial charge >= 0.3 is 0 Å². The van der Waals surface area contributed by atoms with Gasteiger partial charge in [0.2, 0.25) is 0 Å². The van der Waals surface area contributed by atoms with Crippen LogP contribution in [0.2, 0.25) is 0 Å². The van der Waals surface area contributed by atoms with E-state index in [1.807, 2.05) is 17.8 Å². The van der Waals surface area contributed by atoms with Gasteiger partial charge in [-0.05, 0) is 44.4 Å². The SMILES string of the molecule is C=CCC(CSc1ccc(C)cc1)(CC(=C)C)c1ccccc1. The van der Waals surface area contributed by atoms with Crippen LogP contribution in [0.25, 0.3) is 0 Å². The molecule has 0 spiro atoms. The van der Waals surface area contributed by atoms with Crippen LogP contribution in [0.1, 0.15) is 30.9 Å². The molecule has 0 aliphatic carbocycles. The van der Waals surface area contributed by atoms with Crippen molar-refractivity contribution in [1.29, 1.82) is 0 Å². The van der Waals surface area contributed by atoms with Gasteiger partial charge in [0.1, 0.15) is 0 Å². The van der Waals surface area contributed by atoms with Crippen molar-refractivity contribution in [2.75, 3.05) is 5.75 Å². The topological polar surface area (TPSA) is 0 Å². The Morgan fingerprint density at radius 3 is 2.30 bits per heavy atom. The van der Waals surface area contributed by atoms with Gasteiger partial charge in [0.05, 0.1) is 0 Å². The Morgan fingerprint density at radius 1 is 1.09 bits per heavy atom. The fraction of sp³-hybridized carbons (Fsp3) is 0.273. The molecule has 0 aliphatic rings. The van der Waals surface area contributed by atoms with Crippen molar-refractivity contribution in [2.45, 2.75) is 37.0 Å². The monoisotopic (exact) mass is 322 g/mol. The first-order chi connectivity index (χ1) is 11.1. The highest BCUT2D eigenvalue weighted by Crippen LogP contribution is 2.39. The van der Waals surface area contributed by atoms with Crippen LogP contribution in [-0.2, 0) is 5.41 Å². The molecular formula is C22H26S. The van der Waals surface area contributed by atoms with Crippen molar-refractivity contribution >= 4 is 11.8 Å². The molecule has 23 heavy (non-hydrogen) atoms. The van der Waals surface area contributed by atoms with Crippen LogP contribution < -0.4 is 0 Å². The summed E-state index contributed by atoms with van der Waals surface area (Å²) >= 11 is 1.92. The quantitative estimate of drug-likeness (QED) is 0.391. The average molecular weight is 323 g/mol. The van der Waals surface area contributed by atoms with E-state index in [0.717, 1.165) is 18.6 Å². The van der Waals surface area contributed by atoms with E-state index in [9.17, 15) is 0 Å². The van der Waals surface area contributed by atoms with E-state index in [1.54, 1.807) is 0 Å². The Labute approximate surface area is 145 Å². The summed E-state index contributed by atoms with van der Waals surface area (Å²) in [6, 6.07) is 19.6. The number of hydrogen-bond acceptors (Lipinski definition) is 1. The lowest BCUT2D eigenvalue weighted by molar-refractivity contribution is 0.484. The molecule has 0 bridgehead atoms. The minimum atomic E-state index is 0.0599. The first-order valence-corrected chi connectivity index (χ1v) is 9.04. The van der Waals surface area contributed by atoms with Crippen LogP contribution in [0.5, 0.6) is 0 Å². The highest BCUT2D eigenvalue weighted by molar-refractivity contribution is 7.99. The molecule has 0 fully saturated rings. The average Bonchev–Trinajstić information content (AvgIpc) is 2.54. The predicted octanol–water partition coefficient (Wildman–Crippen LogP) is 6.57. The van der Waals surface area contributed by atoms with Crippen LogP contribution in [-0.4, -0.2) is 5.75 Å². The van der Waals surface area contributed by atoms with Crippen LogP contribution in [0.15, 0.2) is 84.3 Å². The molecule has 2 aromatic carbocycles. The summed E-state index contributed by atoms with van der Waals surface area (Å²) in [6.07, 6.45) is 4.00. The zero-order valence-electron chi connectivity index (χ0n) is 14.2. The molecule has 2 aromatic rings. The second-order valence-electron chi connectivity index (χ2n) is 6.37. The normalized spacial score (nSPS) is 13.3. The maximum absolute atomic E-state index is 4.17. The summed E-state index contributed by atoms with van der Waals surface area (Å²) in [7, 11) is 0. The molecule has 1 unspecified atom stereocenters. The van der Waals surface area contributed by atoms with Crippen molar-refractivity contribution < 1.29 is 0 Å². The van der Waals surface area contributed by atoms with Crippen LogP contribution in [0.3, 0.4) is 0 Å². The van der Waals surface area contributed by atoms with Crippen LogP contribution >= 0.6 is 11.8 Å². The van der Waals surface area contributed by atoms with Gasteiger partial charge in [-0.2, -0.15) is 0 Å². The molecule has 0 aliphatic heterocycles. The Hall–Kier alpha value is -1.73.